The van der Waals surface area contributed by atoms with Gasteiger partial charge in [-0.2, -0.15) is 0 Å². The smallest absolute Gasteiger partial charge is 0.362 e. The zero-order valence-corrected chi connectivity index (χ0v) is 13.5. The highest BCUT2D eigenvalue weighted by atomic mass is 16.6. The Morgan fingerprint density at radius 3 is 2.58 bits per heavy atom. The van der Waals surface area contributed by atoms with Crippen molar-refractivity contribution in [1.82, 2.24) is 4.98 Å². The Morgan fingerprint density at radius 2 is 1.83 bits per heavy atom. The third-order valence-corrected chi connectivity index (χ3v) is 3.46. The summed E-state index contributed by atoms with van der Waals surface area (Å²) in [6.07, 6.45) is 0. The summed E-state index contributed by atoms with van der Waals surface area (Å²) in [5, 5.41) is 0.889. The lowest BCUT2D eigenvalue weighted by atomic mass is 10.2. The number of esters is 1. The SMILES string of the molecule is CCOc1ccccc1OC(=O)c1ccc2cc(OC)ccc2n1. The molecule has 5 nitrogen and oxygen atoms in total. The average Bonchev–Trinajstić information content (AvgIpc) is 2.62. The number of methoxy groups -OCH3 is 1. The number of carbonyl (C=O) groups is 1. The quantitative estimate of drug-likeness (QED) is 0.527. The van der Waals surface area contributed by atoms with Gasteiger partial charge in [-0.3, -0.25) is 0 Å². The van der Waals surface area contributed by atoms with Gasteiger partial charge in [-0.1, -0.05) is 18.2 Å². The molecule has 0 unspecified atom stereocenters. The van der Waals surface area contributed by atoms with E-state index in [4.69, 9.17) is 14.2 Å². The highest BCUT2D eigenvalue weighted by molar-refractivity contribution is 5.92. The first-order valence-corrected chi connectivity index (χ1v) is 7.60. The fourth-order valence-corrected chi connectivity index (χ4v) is 2.31. The van der Waals surface area contributed by atoms with Crippen molar-refractivity contribution in [2.75, 3.05) is 13.7 Å². The molecule has 0 spiro atoms. The summed E-state index contributed by atoms with van der Waals surface area (Å²) < 4.78 is 16.1. The number of para-hydroxylation sites is 2. The first-order valence-electron chi connectivity index (χ1n) is 7.60. The Labute approximate surface area is 139 Å². The van der Waals surface area contributed by atoms with Crippen LogP contribution in [0, 0.1) is 0 Å². The van der Waals surface area contributed by atoms with Crippen molar-refractivity contribution >= 4 is 16.9 Å². The van der Waals surface area contributed by atoms with Gasteiger partial charge in [-0.05, 0) is 43.3 Å². The first-order chi connectivity index (χ1) is 11.7. The zero-order valence-electron chi connectivity index (χ0n) is 13.5. The lowest BCUT2D eigenvalue weighted by molar-refractivity contribution is 0.0722. The third-order valence-electron chi connectivity index (χ3n) is 3.46. The van der Waals surface area contributed by atoms with Crippen LogP contribution in [-0.2, 0) is 0 Å². The van der Waals surface area contributed by atoms with E-state index in [9.17, 15) is 4.79 Å². The van der Waals surface area contributed by atoms with E-state index in [-0.39, 0.29) is 5.69 Å². The van der Waals surface area contributed by atoms with Crippen LogP contribution < -0.4 is 14.2 Å². The molecule has 2 aromatic carbocycles. The van der Waals surface area contributed by atoms with Gasteiger partial charge in [0, 0.05) is 5.39 Å². The third kappa shape index (κ3) is 3.30. The molecular formula is C19H17NO4. The molecule has 0 aliphatic heterocycles. The predicted octanol–water partition coefficient (Wildman–Crippen LogP) is 3.86. The van der Waals surface area contributed by atoms with Crippen molar-refractivity contribution in [3.05, 3.63) is 60.3 Å². The van der Waals surface area contributed by atoms with Crippen molar-refractivity contribution in [2.24, 2.45) is 0 Å². The standard InChI is InChI=1S/C19H17NO4/c1-3-23-17-6-4-5-7-18(17)24-19(21)16-10-8-13-12-14(22-2)9-11-15(13)20-16/h4-12H,3H2,1-2H3. The van der Waals surface area contributed by atoms with Gasteiger partial charge in [0.1, 0.15) is 11.4 Å². The average molecular weight is 323 g/mol. The van der Waals surface area contributed by atoms with Crippen molar-refractivity contribution in [1.29, 1.82) is 0 Å². The summed E-state index contributed by atoms with van der Waals surface area (Å²) in [6, 6.07) is 16.0. The van der Waals surface area contributed by atoms with Crippen LogP contribution in [0.15, 0.2) is 54.6 Å². The van der Waals surface area contributed by atoms with Crippen molar-refractivity contribution in [3.63, 3.8) is 0 Å². The Bertz CT molecular complexity index is 876. The van der Waals surface area contributed by atoms with E-state index in [1.807, 2.05) is 25.1 Å². The molecule has 0 saturated heterocycles. The van der Waals surface area contributed by atoms with Gasteiger partial charge in [-0.15, -0.1) is 0 Å². The van der Waals surface area contributed by atoms with Crippen LogP contribution in [0.3, 0.4) is 0 Å². The van der Waals surface area contributed by atoms with Crippen LogP contribution >= 0.6 is 0 Å². The molecule has 1 aromatic heterocycles. The lowest BCUT2D eigenvalue weighted by Gasteiger charge is -2.10. The molecule has 122 valence electrons. The van der Waals surface area contributed by atoms with Gasteiger partial charge in [0.25, 0.3) is 0 Å². The maximum atomic E-state index is 12.4. The fourth-order valence-electron chi connectivity index (χ4n) is 2.31. The monoisotopic (exact) mass is 323 g/mol. The van der Waals surface area contributed by atoms with Crippen LogP contribution in [0.4, 0.5) is 0 Å². The normalized spacial score (nSPS) is 10.4. The predicted molar refractivity (Wildman–Crippen MR) is 90.9 cm³/mol. The fraction of sp³-hybridized carbons (Fsp3) is 0.158. The molecule has 24 heavy (non-hydrogen) atoms. The van der Waals surface area contributed by atoms with Gasteiger partial charge in [0.15, 0.2) is 11.5 Å². The van der Waals surface area contributed by atoms with E-state index in [0.717, 1.165) is 11.1 Å². The molecule has 0 aliphatic carbocycles. The number of benzene rings is 2. The van der Waals surface area contributed by atoms with E-state index >= 15 is 0 Å². The molecular weight excluding hydrogens is 306 g/mol. The second kappa shape index (κ2) is 7.00. The number of pyridine rings is 1. The van der Waals surface area contributed by atoms with Crippen LogP contribution in [0.1, 0.15) is 17.4 Å². The maximum absolute atomic E-state index is 12.4. The number of hydrogen-bond acceptors (Lipinski definition) is 5. The number of nitrogens with zero attached hydrogens (tertiary/aromatic N) is 1. The van der Waals surface area contributed by atoms with Gasteiger partial charge in [0.2, 0.25) is 0 Å². The molecule has 0 fully saturated rings. The van der Waals surface area contributed by atoms with E-state index in [1.54, 1.807) is 43.5 Å². The Hall–Kier alpha value is -3.08. The molecule has 3 rings (SSSR count). The molecule has 3 aromatic rings. The topological polar surface area (TPSA) is 57.7 Å². The summed E-state index contributed by atoms with van der Waals surface area (Å²) in [5.41, 5.74) is 0.933. The Morgan fingerprint density at radius 1 is 1.04 bits per heavy atom. The largest absolute Gasteiger partial charge is 0.497 e. The maximum Gasteiger partial charge on any atom is 0.362 e. The minimum Gasteiger partial charge on any atom is -0.497 e. The minimum atomic E-state index is -0.528. The molecule has 0 amide bonds. The number of aromatic nitrogens is 1. The number of fused-ring (bicyclic) bond motifs is 1. The Balaban J connectivity index is 1.86. The zero-order chi connectivity index (χ0) is 16.9. The van der Waals surface area contributed by atoms with E-state index in [0.29, 0.717) is 23.6 Å². The summed E-state index contributed by atoms with van der Waals surface area (Å²) >= 11 is 0. The van der Waals surface area contributed by atoms with Gasteiger partial charge in [-0.25, -0.2) is 9.78 Å². The molecule has 5 heteroatoms. The number of rotatable bonds is 5. The van der Waals surface area contributed by atoms with Crippen LogP contribution in [0.2, 0.25) is 0 Å². The van der Waals surface area contributed by atoms with Crippen LogP contribution in [-0.4, -0.2) is 24.7 Å². The van der Waals surface area contributed by atoms with Gasteiger partial charge < -0.3 is 14.2 Å². The summed E-state index contributed by atoms with van der Waals surface area (Å²) in [7, 11) is 1.61. The van der Waals surface area contributed by atoms with E-state index in [2.05, 4.69) is 4.98 Å². The molecule has 0 N–H and O–H groups in total. The number of ether oxygens (including phenoxy) is 3. The highest BCUT2D eigenvalue weighted by Crippen LogP contribution is 2.27. The molecule has 0 atom stereocenters. The minimum absolute atomic E-state index is 0.235. The summed E-state index contributed by atoms with van der Waals surface area (Å²) in [5.74, 6) is 1.12. The van der Waals surface area contributed by atoms with E-state index < -0.39 is 5.97 Å². The summed E-state index contributed by atoms with van der Waals surface area (Å²) in [4.78, 5) is 16.7. The van der Waals surface area contributed by atoms with Crippen molar-refractivity contribution in [2.45, 2.75) is 6.92 Å². The first kappa shape index (κ1) is 15.8. The molecule has 0 saturated carbocycles. The number of carbonyl (C=O) groups excluding carboxylic acids is 1. The van der Waals surface area contributed by atoms with Crippen molar-refractivity contribution in [3.8, 4) is 17.2 Å². The van der Waals surface area contributed by atoms with E-state index in [1.165, 1.54) is 0 Å². The molecule has 1 heterocycles. The molecule has 0 bridgehead atoms. The highest BCUT2D eigenvalue weighted by Gasteiger charge is 2.14. The van der Waals surface area contributed by atoms with Crippen molar-refractivity contribution < 1.29 is 19.0 Å². The summed E-state index contributed by atoms with van der Waals surface area (Å²) in [6.45, 7) is 2.36. The second-order valence-corrected chi connectivity index (χ2v) is 5.02. The van der Waals surface area contributed by atoms with Crippen LogP contribution in [0.5, 0.6) is 17.2 Å². The second-order valence-electron chi connectivity index (χ2n) is 5.02. The van der Waals surface area contributed by atoms with Crippen LogP contribution in [0.25, 0.3) is 10.9 Å². The van der Waals surface area contributed by atoms with Gasteiger partial charge >= 0.3 is 5.97 Å². The Kier molecular flexibility index (Phi) is 4.61. The van der Waals surface area contributed by atoms with Gasteiger partial charge in [0.05, 0.1) is 19.2 Å². The lowest BCUT2D eigenvalue weighted by Crippen LogP contribution is -2.11. The molecule has 0 aliphatic rings. The number of hydrogen-bond donors (Lipinski definition) is 0. The molecule has 0 radical (unpaired) electrons.